The van der Waals surface area contributed by atoms with Crippen LogP contribution in [0.4, 0.5) is 9.59 Å². The molecule has 1 fully saturated rings. The first-order chi connectivity index (χ1) is 23.3. The van der Waals surface area contributed by atoms with Crippen LogP contribution in [0.2, 0.25) is 0 Å². The summed E-state index contributed by atoms with van der Waals surface area (Å²) in [4.78, 5) is 41.7. The molecule has 1 rings (SSSR count). The second kappa shape index (κ2) is 25.3. The first kappa shape index (κ1) is 44.4. The highest BCUT2D eigenvalue weighted by Gasteiger charge is 2.42. The Morgan fingerprint density at radius 2 is 1.43 bits per heavy atom. The first-order valence-corrected chi connectivity index (χ1v) is 19.5. The molecule has 0 aromatic carbocycles. The molecule has 0 bridgehead atoms. The largest absolute Gasteiger partial charge is 0.449 e. The predicted octanol–water partition coefficient (Wildman–Crippen LogP) is 8.63. The van der Waals surface area contributed by atoms with Crippen molar-refractivity contribution in [2.24, 2.45) is 33.2 Å². The van der Waals surface area contributed by atoms with Crippen molar-refractivity contribution in [3.8, 4) is 0 Å². The molecule has 1 saturated carbocycles. The number of allylic oxidation sites excluding steroid dienone is 1. The van der Waals surface area contributed by atoms with E-state index in [9.17, 15) is 14.4 Å². The van der Waals surface area contributed by atoms with E-state index in [4.69, 9.17) is 16.2 Å². The van der Waals surface area contributed by atoms with E-state index in [1.807, 2.05) is 0 Å². The van der Waals surface area contributed by atoms with Crippen molar-refractivity contribution in [3.63, 3.8) is 0 Å². The van der Waals surface area contributed by atoms with Gasteiger partial charge in [0, 0.05) is 23.9 Å². The van der Waals surface area contributed by atoms with E-state index in [1.165, 1.54) is 89.9 Å². The number of ether oxygens (including phenoxy) is 1. The molecule has 0 saturated heterocycles. The standard InChI is InChI=1S/C39H74N6O4/c1-7-9-11-13-15-16-18-20-22-32(21-19-17-14-12-10-8-2)27-49-37(48)45-33-25-38(4,5)28-39(6,26-33)29-42-36(47)44-30-43-35(46)34(23-24-40)31(3)41/h30,32-33H,7-29,40-41H2,1-6H3,(H,45,48)(H2,42,43,44,46,47)/b34-31-. The van der Waals surface area contributed by atoms with Gasteiger partial charge in [-0.05, 0) is 68.7 Å². The van der Waals surface area contributed by atoms with Crippen LogP contribution in [0.15, 0.2) is 16.3 Å². The smallest absolute Gasteiger partial charge is 0.407 e. The Labute approximate surface area is 299 Å². The molecule has 7 N–H and O–H groups in total. The lowest BCUT2D eigenvalue weighted by Crippen LogP contribution is -2.50. The van der Waals surface area contributed by atoms with Crippen molar-refractivity contribution in [3.05, 3.63) is 11.3 Å². The predicted molar refractivity (Wildman–Crippen MR) is 203 cm³/mol. The molecule has 0 aromatic rings. The summed E-state index contributed by atoms with van der Waals surface area (Å²) in [5.41, 5.74) is 11.8. The van der Waals surface area contributed by atoms with Gasteiger partial charge in [0.1, 0.15) is 6.34 Å². The number of urea groups is 1. The minimum atomic E-state index is -0.546. The molecule has 10 nitrogen and oxygen atoms in total. The summed E-state index contributed by atoms with van der Waals surface area (Å²) in [7, 11) is 0. The van der Waals surface area contributed by atoms with Crippen LogP contribution in [0.3, 0.4) is 0 Å². The van der Waals surface area contributed by atoms with Crippen molar-refractivity contribution >= 4 is 24.4 Å². The number of amides is 4. The zero-order chi connectivity index (χ0) is 36.5. The quantitative estimate of drug-likeness (QED) is 0.0279. The van der Waals surface area contributed by atoms with Gasteiger partial charge in [-0.25, -0.2) is 9.59 Å². The fraction of sp³-hybridized carbons (Fsp3) is 0.846. The van der Waals surface area contributed by atoms with Crippen LogP contribution in [-0.4, -0.2) is 50.1 Å². The molecule has 0 spiro atoms. The molecule has 284 valence electrons. The Bertz CT molecular complexity index is 1010. The van der Waals surface area contributed by atoms with Crippen molar-refractivity contribution in [2.45, 2.75) is 176 Å². The summed E-state index contributed by atoms with van der Waals surface area (Å²) < 4.78 is 5.88. The maximum atomic E-state index is 13.1. The van der Waals surface area contributed by atoms with Gasteiger partial charge in [-0.15, -0.1) is 0 Å². The van der Waals surface area contributed by atoms with Gasteiger partial charge in [-0.2, -0.15) is 4.99 Å². The molecule has 1 aliphatic carbocycles. The highest BCUT2D eigenvalue weighted by Crippen LogP contribution is 2.45. The molecule has 0 heterocycles. The van der Waals surface area contributed by atoms with Crippen LogP contribution in [0, 0.1) is 16.7 Å². The molecule has 0 aromatic heterocycles. The number of aliphatic imine (C=N–C) groups is 1. The topological polar surface area (TPSA) is 161 Å². The number of nitrogens with zero attached hydrogens (tertiary/aromatic N) is 1. The van der Waals surface area contributed by atoms with Crippen LogP contribution in [0.5, 0.6) is 0 Å². The van der Waals surface area contributed by atoms with Crippen molar-refractivity contribution in [1.82, 2.24) is 16.0 Å². The third-order valence-electron chi connectivity index (χ3n) is 9.84. The number of nitrogens with one attached hydrogen (secondary N) is 3. The van der Waals surface area contributed by atoms with E-state index < -0.39 is 11.9 Å². The molecule has 0 radical (unpaired) electrons. The summed E-state index contributed by atoms with van der Waals surface area (Å²) in [5.74, 6) is -0.0149. The van der Waals surface area contributed by atoms with Crippen LogP contribution >= 0.6 is 0 Å². The number of nitrogens with two attached hydrogens (primary N) is 2. The highest BCUT2D eigenvalue weighted by molar-refractivity contribution is 6.01. The summed E-state index contributed by atoms with van der Waals surface area (Å²) in [6.07, 6.45) is 23.8. The van der Waals surface area contributed by atoms with E-state index in [0.29, 0.717) is 43.2 Å². The Morgan fingerprint density at radius 1 is 0.878 bits per heavy atom. The molecule has 3 unspecified atom stereocenters. The maximum absolute atomic E-state index is 13.1. The van der Waals surface area contributed by atoms with Crippen molar-refractivity contribution in [1.29, 1.82) is 0 Å². The van der Waals surface area contributed by atoms with Gasteiger partial charge in [-0.1, -0.05) is 125 Å². The van der Waals surface area contributed by atoms with Gasteiger partial charge in [0.05, 0.1) is 6.61 Å². The Hall–Kier alpha value is -2.62. The summed E-state index contributed by atoms with van der Waals surface area (Å²) in [5, 5.41) is 8.54. The highest BCUT2D eigenvalue weighted by atomic mass is 16.5. The number of unbranched alkanes of at least 4 members (excludes halogenated alkanes) is 12. The lowest BCUT2D eigenvalue weighted by Gasteiger charge is -2.46. The second-order valence-corrected chi connectivity index (χ2v) is 15.8. The Balaban J connectivity index is 2.63. The van der Waals surface area contributed by atoms with E-state index >= 15 is 0 Å². The van der Waals surface area contributed by atoms with Crippen LogP contribution in [0.1, 0.15) is 170 Å². The van der Waals surface area contributed by atoms with Gasteiger partial charge in [0.15, 0.2) is 0 Å². The number of alkyl carbamates (subject to hydrolysis) is 1. The number of carbonyl (C=O) groups is 3. The third-order valence-corrected chi connectivity index (χ3v) is 9.84. The lowest BCUT2D eigenvalue weighted by atomic mass is 9.62. The fourth-order valence-electron chi connectivity index (χ4n) is 7.57. The van der Waals surface area contributed by atoms with E-state index in [0.717, 1.165) is 32.0 Å². The summed E-state index contributed by atoms with van der Waals surface area (Å²) in [6, 6.07) is -0.603. The molecule has 4 amide bonds. The molecular weight excluding hydrogens is 616 g/mol. The third kappa shape index (κ3) is 21.3. The van der Waals surface area contributed by atoms with Gasteiger partial charge in [-0.3, -0.25) is 4.79 Å². The average Bonchev–Trinajstić information content (AvgIpc) is 3.02. The zero-order valence-corrected chi connectivity index (χ0v) is 32.2. The molecule has 0 aliphatic heterocycles. The van der Waals surface area contributed by atoms with Crippen LogP contribution < -0.4 is 27.4 Å². The first-order valence-electron chi connectivity index (χ1n) is 19.5. The minimum absolute atomic E-state index is 0.0322. The molecule has 3 atom stereocenters. The monoisotopic (exact) mass is 691 g/mol. The summed E-state index contributed by atoms with van der Waals surface area (Å²) >= 11 is 0. The SMILES string of the molecule is CCCCCCCCCCC(CCCCCCCC)COC(=O)NC1CC(C)(C)CC(C)(CNC(=O)/N=C/NC(=O)/C(CCN)=C(/C)N)C1. The van der Waals surface area contributed by atoms with Gasteiger partial charge in [0.2, 0.25) is 0 Å². The van der Waals surface area contributed by atoms with Crippen LogP contribution in [0.25, 0.3) is 0 Å². The van der Waals surface area contributed by atoms with E-state index in [2.05, 4.69) is 55.6 Å². The van der Waals surface area contributed by atoms with E-state index in [-0.39, 0.29) is 29.5 Å². The maximum Gasteiger partial charge on any atom is 0.407 e. The van der Waals surface area contributed by atoms with Gasteiger partial charge in [0.25, 0.3) is 5.91 Å². The normalized spacial score (nSPS) is 20.0. The van der Waals surface area contributed by atoms with Gasteiger partial charge >= 0.3 is 12.1 Å². The van der Waals surface area contributed by atoms with Crippen molar-refractivity contribution in [2.75, 3.05) is 19.7 Å². The molecule has 1 aliphatic rings. The average molecular weight is 691 g/mol. The Morgan fingerprint density at radius 3 is 1.96 bits per heavy atom. The second-order valence-electron chi connectivity index (χ2n) is 15.8. The fourth-order valence-corrected chi connectivity index (χ4v) is 7.57. The molecule has 49 heavy (non-hydrogen) atoms. The van der Waals surface area contributed by atoms with Gasteiger partial charge < -0.3 is 32.2 Å². The summed E-state index contributed by atoms with van der Waals surface area (Å²) in [6.45, 7) is 13.8. The number of carbonyl (C=O) groups excluding carboxylic acids is 3. The number of rotatable bonds is 25. The molecular formula is C39H74N6O4. The van der Waals surface area contributed by atoms with Crippen LogP contribution in [-0.2, 0) is 9.53 Å². The molecule has 10 heteroatoms. The number of hydrogen-bond donors (Lipinski definition) is 5. The zero-order valence-electron chi connectivity index (χ0n) is 32.2. The Kier molecular flexibility index (Phi) is 23.0. The lowest BCUT2D eigenvalue weighted by molar-refractivity contribution is -0.116. The minimum Gasteiger partial charge on any atom is -0.449 e. The van der Waals surface area contributed by atoms with E-state index in [1.54, 1.807) is 6.92 Å². The van der Waals surface area contributed by atoms with Crippen molar-refractivity contribution < 1.29 is 19.1 Å². The number of hydrogen-bond acceptors (Lipinski definition) is 6.